The molecular weight excluding hydrogens is 532 g/mol. The standard InChI is InChI=1S/C32H40N6O4/c1-23-9-4-5-10-26(23)36-16-18-37(19-17-36)28-22-27(35(2)3)24(21-25(28)34-32(41)29-11-7-20-42-29)31(40)33-13-8-15-38-14-6-12-30(38)39/h4-5,7,9-11,20-22H,6,8,12-19H2,1-3H3,(H,33,40)(H,34,41). The van der Waals surface area contributed by atoms with E-state index < -0.39 is 0 Å². The van der Waals surface area contributed by atoms with Crippen LogP contribution in [0.1, 0.15) is 45.7 Å². The monoisotopic (exact) mass is 572 g/mol. The van der Waals surface area contributed by atoms with Gasteiger partial charge in [-0.2, -0.15) is 0 Å². The normalized spacial score (nSPS) is 15.2. The van der Waals surface area contributed by atoms with Crippen molar-refractivity contribution in [2.75, 3.05) is 79.9 Å². The molecule has 0 saturated carbocycles. The molecule has 0 radical (unpaired) electrons. The summed E-state index contributed by atoms with van der Waals surface area (Å²) in [5.41, 5.74) is 5.11. The zero-order valence-corrected chi connectivity index (χ0v) is 24.7. The fraction of sp³-hybridized carbons (Fsp3) is 0.406. The molecule has 2 aliphatic rings. The van der Waals surface area contributed by atoms with Crippen molar-refractivity contribution >= 4 is 40.5 Å². The van der Waals surface area contributed by atoms with E-state index in [1.165, 1.54) is 17.5 Å². The number of benzene rings is 2. The number of nitrogens with one attached hydrogen (secondary N) is 2. The minimum Gasteiger partial charge on any atom is -0.459 e. The van der Waals surface area contributed by atoms with Crippen molar-refractivity contribution in [2.45, 2.75) is 26.2 Å². The molecule has 3 amide bonds. The van der Waals surface area contributed by atoms with E-state index in [1.807, 2.05) is 30.0 Å². The topological polar surface area (TPSA) is 101 Å². The SMILES string of the molecule is Cc1ccccc1N1CCN(c2cc(N(C)C)c(C(=O)NCCCN3CCCC3=O)cc2NC(=O)c2ccco2)CC1. The van der Waals surface area contributed by atoms with Crippen LogP contribution < -0.4 is 25.3 Å². The molecular formula is C32H40N6O4. The number of aryl methyl sites for hydroxylation is 1. The molecule has 5 rings (SSSR count). The number of furan rings is 1. The zero-order chi connectivity index (χ0) is 29.6. The summed E-state index contributed by atoms with van der Waals surface area (Å²) in [6.45, 7) is 7.17. The van der Waals surface area contributed by atoms with E-state index in [9.17, 15) is 14.4 Å². The van der Waals surface area contributed by atoms with E-state index in [0.29, 0.717) is 37.2 Å². The van der Waals surface area contributed by atoms with Crippen molar-refractivity contribution < 1.29 is 18.8 Å². The Bertz CT molecular complexity index is 1410. The van der Waals surface area contributed by atoms with Gasteiger partial charge in [0.05, 0.1) is 28.9 Å². The van der Waals surface area contributed by atoms with Crippen molar-refractivity contribution in [1.29, 1.82) is 0 Å². The number of amides is 3. The van der Waals surface area contributed by atoms with E-state index in [4.69, 9.17) is 4.42 Å². The molecule has 3 heterocycles. The number of anilines is 4. The van der Waals surface area contributed by atoms with Gasteiger partial charge >= 0.3 is 0 Å². The lowest BCUT2D eigenvalue weighted by Gasteiger charge is -2.39. The van der Waals surface area contributed by atoms with E-state index in [0.717, 1.165) is 50.5 Å². The molecule has 222 valence electrons. The first-order valence-electron chi connectivity index (χ1n) is 14.6. The number of carbonyl (C=O) groups excluding carboxylic acids is 3. The Kier molecular flexibility index (Phi) is 9.00. The second kappa shape index (κ2) is 13.0. The lowest BCUT2D eigenvalue weighted by Crippen LogP contribution is -2.47. The van der Waals surface area contributed by atoms with Crippen LogP contribution in [0.2, 0.25) is 0 Å². The van der Waals surface area contributed by atoms with Gasteiger partial charge in [-0.15, -0.1) is 0 Å². The zero-order valence-electron chi connectivity index (χ0n) is 24.7. The molecule has 2 aliphatic heterocycles. The molecule has 2 saturated heterocycles. The fourth-order valence-corrected chi connectivity index (χ4v) is 5.70. The summed E-state index contributed by atoms with van der Waals surface area (Å²) in [7, 11) is 3.82. The number of hydrogen-bond acceptors (Lipinski definition) is 7. The number of nitrogens with zero attached hydrogens (tertiary/aromatic N) is 4. The quantitative estimate of drug-likeness (QED) is 0.355. The van der Waals surface area contributed by atoms with Gasteiger partial charge in [0.25, 0.3) is 11.8 Å². The predicted molar refractivity (Wildman–Crippen MR) is 166 cm³/mol. The third-order valence-electron chi connectivity index (χ3n) is 7.97. The third-order valence-corrected chi connectivity index (χ3v) is 7.97. The average Bonchev–Trinajstić information content (AvgIpc) is 3.68. The number of hydrogen-bond donors (Lipinski definition) is 2. The molecule has 2 aromatic carbocycles. The maximum atomic E-state index is 13.4. The molecule has 3 aromatic rings. The summed E-state index contributed by atoms with van der Waals surface area (Å²) in [5.74, 6) is -0.220. The molecule has 0 bridgehead atoms. The van der Waals surface area contributed by atoms with Gasteiger partial charge in [-0.05, 0) is 55.7 Å². The second-order valence-electron chi connectivity index (χ2n) is 11.1. The van der Waals surface area contributed by atoms with E-state index >= 15 is 0 Å². The molecule has 0 atom stereocenters. The Hall–Kier alpha value is -4.47. The number of likely N-dealkylation sites (tertiary alicyclic amines) is 1. The Labute approximate surface area is 247 Å². The Morgan fingerprint density at radius 2 is 1.67 bits per heavy atom. The minimum atomic E-state index is -0.376. The molecule has 0 aliphatic carbocycles. The smallest absolute Gasteiger partial charge is 0.291 e. The van der Waals surface area contributed by atoms with Gasteiger partial charge in [0, 0.05) is 72.0 Å². The first kappa shape index (κ1) is 29.0. The molecule has 0 unspecified atom stereocenters. The van der Waals surface area contributed by atoms with Crippen LogP contribution in [0.25, 0.3) is 0 Å². The van der Waals surface area contributed by atoms with Gasteiger partial charge in [-0.3, -0.25) is 14.4 Å². The Morgan fingerprint density at radius 1 is 0.929 bits per heavy atom. The maximum Gasteiger partial charge on any atom is 0.291 e. The highest BCUT2D eigenvalue weighted by atomic mass is 16.3. The van der Waals surface area contributed by atoms with Crippen LogP contribution in [-0.2, 0) is 4.79 Å². The summed E-state index contributed by atoms with van der Waals surface area (Å²) in [5, 5.41) is 6.02. The van der Waals surface area contributed by atoms with Gasteiger partial charge in [0.1, 0.15) is 0 Å². The van der Waals surface area contributed by atoms with Gasteiger partial charge in [0.15, 0.2) is 5.76 Å². The number of para-hydroxylation sites is 1. The summed E-state index contributed by atoms with van der Waals surface area (Å²) < 4.78 is 5.33. The third kappa shape index (κ3) is 6.53. The first-order chi connectivity index (χ1) is 20.3. The van der Waals surface area contributed by atoms with Crippen LogP contribution in [0.3, 0.4) is 0 Å². The second-order valence-corrected chi connectivity index (χ2v) is 11.1. The van der Waals surface area contributed by atoms with Crippen molar-refractivity contribution in [1.82, 2.24) is 10.2 Å². The summed E-state index contributed by atoms with van der Waals surface area (Å²) in [4.78, 5) is 46.8. The van der Waals surface area contributed by atoms with Crippen LogP contribution in [0.15, 0.2) is 59.2 Å². The van der Waals surface area contributed by atoms with Crippen molar-refractivity contribution in [3.05, 3.63) is 71.7 Å². The number of carbonyl (C=O) groups is 3. The first-order valence-corrected chi connectivity index (χ1v) is 14.6. The van der Waals surface area contributed by atoms with Gasteiger partial charge in [-0.25, -0.2) is 0 Å². The van der Waals surface area contributed by atoms with Gasteiger partial charge in [0.2, 0.25) is 5.91 Å². The van der Waals surface area contributed by atoms with Crippen LogP contribution in [-0.4, -0.2) is 82.5 Å². The average molecular weight is 573 g/mol. The van der Waals surface area contributed by atoms with Crippen LogP contribution in [0, 0.1) is 6.92 Å². The molecule has 2 fully saturated rings. The predicted octanol–water partition coefficient (Wildman–Crippen LogP) is 3.98. The molecule has 42 heavy (non-hydrogen) atoms. The lowest BCUT2D eigenvalue weighted by molar-refractivity contribution is -0.127. The molecule has 10 nitrogen and oxygen atoms in total. The Morgan fingerprint density at radius 3 is 2.31 bits per heavy atom. The maximum absolute atomic E-state index is 13.4. The Balaban J connectivity index is 1.37. The van der Waals surface area contributed by atoms with Crippen LogP contribution in [0.5, 0.6) is 0 Å². The van der Waals surface area contributed by atoms with Crippen molar-refractivity contribution in [2.24, 2.45) is 0 Å². The van der Waals surface area contributed by atoms with Crippen molar-refractivity contribution in [3.63, 3.8) is 0 Å². The van der Waals surface area contributed by atoms with Crippen LogP contribution in [0.4, 0.5) is 22.7 Å². The highest BCUT2D eigenvalue weighted by Gasteiger charge is 2.26. The molecule has 0 spiro atoms. The molecule has 1 aromatic heterocycles. The summed E-state index contributed by atoms with van der Waals surface area (Å²) >= 11 is 0. The van der Waals surface area contributed by atoms with Gasteiger partial charge in [-0.1, -0.05) is 18.2 Å². The number of rotatable bonds is 10. The van der Waals surface area contributed by atoms with Gasteiger partial charge < -0.3 is 34.7 Å². The number of piperazine rings is 1. The minimum absolute atomic E-state index is 0.184. The largest absolute Gasteiger partial charge is 0.459 e. The molecule has 10 heteroatoms. The lowest BCUT2D eigenvalue weighted by atomic mass is 10.1. The highest BCUT2D eigenvalue weighted by Crippen LogP contribution is 2.35. The van der Waals surface area contributed by atoms with Crippen molar-refractivity contribution in [3.8, 4) is 0 Å². The van der Waals surface area contributed by atoms with Crippen LogP contribution >= 0.6 is 0 Å². The van der Waals surface area contributed by atoms with E-state index in [2.05, 4.69) is 51.6 Å². The summed E-state index contributed by atoms with van der Waals surface area (Å²) in [6.07, 6.45) is 3.65. The summed E-state index contributed by atoms with van der Waals surface area (Å²) in [6, 6.07) is 15.4. The van der Waals surface area contributed by atoms with E-state index in [-0.39, 0.29) is 23.5 Å². The fourth-order valence-electron chi connectivity index (χ4n) is 5.70. The molecule has 2 N–H and O–H groups in total. The van der Waals surface area contributed by atoms with E-state index in [1.54, 1.807) is 18.2 Å². The highest BCUT2D eigenvalue weighted by molar-refractivity contribution is 6.08.